The van der Waals surface area contributed by atoms with Gasteiger partial charge in [-0.25, -0.2) is 9.78 Å². The Hall–Kier alpha value is -2.89. The number of aromatic hydroxyl groups is 1. The number of hydrogen-bond acceptors (Lipinski definition) is 4. The molecule has 2 rings (SSSR count). The standard InChI is InChI=1S/C14H12N2O4/c1-8-2-3-10(11(17)6-8)13(18)16-12-7-9(14(19)20)4-5-15-12/h2-7,17H,1H3,(H,19,20)(H,15,16,18). The first-order chi connectivity index (χ1) is 9.47. The van der Waals surface area contributed by atoms with Crippen LogP contribution in [0.4, 0.5) is 5.82 Å². The number of carbonyl (C=O) groups is 2. The average molecular weight is 272 g/mol. The molecule has 0 aliphatic carbocycles. The van der Waals surface area contributed by atoms with Gasteiger partial charge in [0.1, 0.15) is 11.6 Å². The van der Waals surface area contributed by atoms with E-state index in [0.29, 0.717) is 0 Å². The molecule has 0 radical (unpaired) electrons. The summed E-state index contributed by atoms with van der Waals surface area (Å²) in [6.45, 7) is 1.79. The van der Waals surface area contributed by atoms with Gasteiger partial charge in [0.25, 0.3) is 5.91 Å². The van der Waals surface area contributed by atoms with Crippen LogP contribution < -0.4 is 5.32 Å². The number of aryl methyl sites for hydroxylation is 1. The van der Waals surface area contributed by atoms with E-state index in [0.717, 1.165) is 5.56 Å². The van der Waals surface area contributed by atoms with Gasteiger partial charge in [-0.05, 0) is 36.8 Å². The number of pyridine rings is 1. The number of phenolic OH excluding ortho intramolecular Hbond substituents is 1. The molecule has 102 valence electrons. The molecule has 1 heterocycles. The molecule has 6 heteroatoms. The third kappa shape index (κ3) is 2.92. The summed E-state index contributed by atoms with van der Waals surface area (Å²) in [5.74, 6) is -1.70. The zero-order chi connectivity index (χ0) is 14.7. The molecule has 0 aliphatic heterocycles. The predicted octanol–water partition coefficient (Wildman–Crippen LogP) is 2.05. The Kier molecular flexibility index (Phi) is 3.65. The molecule has 1 amide bonds. The lowest BCUT2D eigenvalue weighted by atomic mass is 10.1. The molecule has 0 fully saturated rings. The molecule has 0 spiro atoms. The normalized spacial score (nSPS) is 10.1. The number of aromatic nitrogens is 1. The molecule has 0 bridgehead atoms. The van der Waals surface area contributed by atoms with Crippen molar-refractivity contribution in [2.75, 3.05) is 5.32 Å². The summed E-state index contributed by atoms with van der Waals surface area (Å²) >= 11 is 0. The maximum Gasteiger partial charge on any atom is 0.335 e. The lowest BCUT2D eigenvalue weighted by Gasteiger charge is -2.07. The van der Waals surface area contributed by atoms with E-state index in [2.05, 4.69) is 10.3 Å². The zero-order valence-corrected chi connectivity index (χ0v) is 10.6. The number of amides is 1. The molecule has 0 atom stereocenters. The maximum absolute atomic E-state index is 12.0. The first-order valence-electron chi connectivity index (χ1n) is 5.77. The van der Waals surface area contributed by atoms with Crippen LogP contribution >= 0.6 is 0 Å². The number of hydrogen-bond donors (Lipinski definition) is 3. The van der Waals surface area contributed by atoms with Crippen molar-refractivity contribution in [2.45, 2.75) is 6.92 Å². The molecule has 0 saturated heterocycles. The lowest BCUT2D eigenvalue weighted by Crippen LogP contribution is -2.13. The van der Waals surface area contributed by atoms with Gasteiger partial charge in [-0.2, -0.15) is 0 Å². The van der Waals surface area contributed by atoms with Crippen LogP contribution in [-0.2, 0) is 0 Å². The number of carboxylic acids is 1. The van der Waals surface area contributed by atoms with Gasteiger partial charge in [-0.1, -0.05) is 6.07 Å². The van der Waals surface area contributed by atoms with E-state index in [1.807, 2.05) is 0 Å². The van der Waals surface area contributed by atoms with Crippen molar-refractivity contribution in [1.82, 2.24) is 4.98 Å². The van der Waals surface area contributed by atoms with E-state index in [4.69, 9.17) is 5.11 Å². The number of anilines is 1. The molecule has 20 heavy (non-hydrogen) atoms. The summed E-state index contributed by atoms with van der Waals surface area (Å²) in [6.07, 6.45) is 1.29. The fourth-order valence-electron chi connectivity index (χ4n) is 1.65. The van der Waals surface area contributed by atoms with Crippen LogP contribution in [0, 0.1) is 6.92 Å². The Morgan fingerprint density at radius 1 is 1.20 bits per heavy atom. The van der Waals surface area contributed by atoms with Crippen LogP contribution in [0.5, 0.6) is 5.75 Å². The highest BCUT2D eigenvalue weighted by molar-refractivity contribution is 6.06. The van der Waals surface area contributed by atoms with E-state index < -0.39 is 11.9 Å². The lowest BCUT2D eigenvalue weighted by molar-refractivity contribution is 0.0696. The van der Waals surface area contributed by atoms with Crippen LogP contribution in [0.1, 0.15) is 26.3 Å². The fraction of sp³-hybridized carbons (Fsp3) is 0.0714. The average Bonchev–Trinajstić information content (AvgIpc) is 2.38. The van der Waals surface area contributed by atoms with Gasteiger partial charge in [0.15, 0.2) is 0 Å². The van der Waals surface area contributed by atoms with Gasteiger partial charge in [0.05, 0.1) is 11.1 Å². The van der Waals surface area contributed by atoms with Gasteiger partial charge in [-0.3, -0.25) is 4.79 Å². The number of rotatable bonds is 3. The monoisotopic (exact) mass is 272 g/mol. The molecule has 0 saturated carbocycles. The molecule has 2 aromatic rings. The van der Waals surface area contributed by atoms with E-state index >= 15 is 0 Å². The summed E-state index contributed by atoms with van der Waals surface area (Å²) in [5.41, 5.74) is 0.937. The highest BCUT2D eigenvalue weighted by Crippen LogP contribution is 2.19. The highest BCUT2D eigenvalue weighted by Gasteiger charge is 2.13. The largest absolute Gasteiger partial charge is 0.507 e. The van der Waals surface area contributed by atoms with Crippen LogP contribution in [0.15, 0.2) is 36.5 Å². The number of benzene rings is 1. The van der Waals surface area contributed by atoms with Crippen molar-refractivity contribution in [3.63, 3.8) is 0 Å². The van der Waals surface area contributed by atoms with Crippen LogP contribution in [-0.4, -0.2) is 27.1 Å². The first kappa shape index (κ1) is 13.5. The number of aromatic carboxylic acids is 1. The fourth-order valence-corrected chi connectivity index (χ4v) is 1.65. The van der Waals surface area contributed by atoms with E-state index in [-0.39, 0.29) is 22.7 Å². The van der Waals surface area contributed by atoms with Gasteiger partial charge in [0.2, 0.25) is 0 Å². The van der Waals surface area contributed by atoms with Crippen molar-refractivity contribution in [3.8, 4) is 5.75 Å². The van der Waals surface area contributed by atoms with Crippen LogP contribution in [0.25, 0.3) is 0 Å². The SMILES string of the molecule is Cc1ccc(C(=O)Nc2cc(C(=O)O)ccn2)c(O)c1. The highest BCUT2D eigenvalue weighted by atomic mass is 16.4. The molecule has 1 aromatic heterocycles. The second kappa shape index (κ2) is 5.40. The molecular formula is C14H12N2O4. The third-order valence-electron chi connectivity index (χ3n) is 2.65. The summed E-state index contributed by atoms with van der Waals surface area (Å²) < 4.78 is 0. The van der Waals surface area contributed by atoms with Crippen molar-refractivity contribution in [2.24, 2.45) is 0 Å². The molecule has 1 aromatic carbocycles. The number of nitrogens with zero attached hydrogens (tertiary/aromatic N) is 1. The van der Waals surface area contributed by atoms with Gasteiger partial charge < -0.3 is 15.5 Å². The quantitative estimate of drug-likeness (QED) is 0.794. The van der Waals surface area contributed by atoms with E-state index in [9.17, 15) is 14.7 Å². The Morgan fingerprint density at radius 2 is 1.95 bits per heavy atom. The zero-order valence-electron chi connectivity index (χ0n) is 10.6. The second-order valence-electron chi connectivity index (χ2n) is 4.21. The Bertz CT molecular complexity index is 683. The molecule has 0 aliphatic rings. The van der Waals surface area contributed by atoms with Crippen molar-refractivity contribution in [3.05, 3.63) is 53.2 Å². The topological polar surface area (TPSA) is 99.5 Å². The maximum atomic E-state index is 12.0. The van der Waals surface area contributed by atoms with Gasteiger partial charge in [-0.15, -0.1) is 0 Å². The van der Waals surface area contributed by atoms with Gasteiger partial charge >= 0.3 is 5.97 Å². The number of nitrogens with one attached hydrogen (secondary N) is 1. The summed E-state index contributed by atoms with van der Waals surface area (Å²) in [5, 5.41) is 21.0. The number of phenols is 1. The molecule has 0 unspecified atom stereocenters. The van der Waals surface area contributed by atoms with E-state index in [1.54, 1.807) is 13.0 Å². The smallest absolute Gasteiger partial charge is 0.335 e. The first-order valence-corrected chi connectivity index (χ1v) is 5.77. The number of carbonyl (C=O) groups excluding carboxylic acids is 1. The van der Waals surface area contributed by atoms with Gasteiger partial charge in [0, 0.05) is 6.20 Å². The minimum Gasteiger partial charge on any atom is -0.507 e. The summed E-state index contributed by atoms with van der Waals surface area (Å²) in [4.78, 5) is 26.6. The van der Waals surface area contributed by atoms with Crippen molar-refractivity contribution < 1.29 is 19.8 Å². The minimum absolute atomic E-state index is 0.0171. The van der Waals surface area contributed by atoms with E-state index in [1.165, 1.54) is 30.5 Å². The summed E-state index contributed by atoms with van der Waals surface area (Å²) in [6, 6.07) is 7.21. The predicted molar refractivity (Wildman–Crippen MR) is 72.0 cm³/mol. The third-order valence-corrected chi connectivity index (χ3v) is 2.65. The van der Waals surface area contributed by atoms with Crippen LogP contribution in [0.3, 0.4) is 0 Å². The second-order valence-corrected chi connectivity index (χ2v) is 4.21. The molecule has 3 N–H and O–H groups in total. The molecule has 6 nitrogen and oxygen atoms in total. The minimum atomic E-state index is -1.11. The van der Waals surface area contributed by atoms with Crippen molar-refractivity contribution >= 4 is 17.7 Å². The van der Waals surface area contributed by atoms with Crippen LogP contribution in [0.2, 0.25) is 0 Å². The van der Waals surface area contributed by atoms with Crippen molar-refractivity contribution in [1.29, 1.82) is 0 Å². The summed E-state index contributed by atoms with van der Waals surface area (Å²) in [7, 11) is 0. The Morgan fingerprint density at radius 3 is 2.60 bits per heavy atom. The Labute approximate surface area is 114 Å². The molecular weight excluding hydrogens is 260 g/mol. The Balaban J connectivity index is 2.23. The number of carboxylic acid groups (broad SMARTS) is 1.